The van der Waals surface area contributed by atoms with Crippen LogP contribution >= 0.6 is 0 Å². The molecule has 0 saturated heterocycles. The van der Waals surface area contributed by atoms with Gasteiger partial charge in [-0.3, -0.25) is 9.59 Å². The normalized spacial score (nSPS) is 14.0. The number of ether oxygens (including phenoxy) is 1. The minimum Gasteiger partial charge on any atom is -0.456 e. The molecule has 0 radical (unpaired) electrons. The SMILES string of the molecule is CC(=O)C(C)(c1ccc(C(=O)OC(C)(C)C)cc1)c1ccc(C(=O)C(C)(C)C)cc1. The van der Waals surface area contributed by atoms with Crippen LogP contribution in [0.2, 0.25) is 0 Å². The molecular weight excluding hydrogens is 376 g/mol. The number of benzene rings is 2. The van der Waals surface area contributed by atoms with Gasteiger partial charge in [-0.15, -0.1) is 0 Å². The van der Waals surface area contributed by atoms with Crippen molar-refractivity contribution >= 4 is 17.5 Å². The summed E-state index contributed by atoms with van der Waals surface area (Å²) in [6, 6.07) is 14.2. The van der Waals surface area contributed by atoms with Crippen LogP contribution in [-0.2, 0) is 14.9 Å². The van der Waals surface area contributed by atoms with E-state index in [1.807, 2.05) is 60.6 Å². The summed E-state index contributed by atoms with van der Waals surface area (Å²) in [6.07, 6.45) is 0. The van der Waals surface area contributed by atoms with E-state index in [4.69, 9.17) is 4.74 Å². The summed E-state index contributed by atoms with van der Waals surface area (Å²) >= 11 is 0. The van der Waals surface area contributed by atoms with E-state index in [1.165, 1.54) is 0 Å². The highest BCUT2D eigenvalue weighted by molar-refractivity contribution is 6.00. The third-order valence-electron chi connectivity index (χ3n) is 5.21. The molecule has 160 valence electrons. The maximum Gasteiger partial charge on any atom is 0.338 e. The highest BCUT2D eigenvalue weighted by Gasteiger charge is 2.34. The number of Topliss-reactive ketones (excluding diaryl/α,β-unsaturated/α-hetero) is 2. The summed E-state index contributed by atoms with van der Waals surface area (Å²) in [5.74, 6) is -0.369. The Morgan fingerprint density at radius 2 is 1.07 bits per heavy atom. The van der Waals surface area contributed by atoms with Gasteiger partial charge in [-0.2, -0.15) is 0 Å². The standard InChI is InChI=1S/C26H32O4/c1-17(27)26(8,20-13-9-18(10-14-20)22(28)24(2,3)4)21-15-11-19(12-16-21)23(29)30-25(5,6)7/h9-16H,1-8H3. The molecule has 0 bridgehead atoms. The van der Waals surface area contributed by atoms with E-state index in [0.29, 0.717) is 11.1 Å². The Balaban J connectivity index is 2.40. The Hall–Kier alpha value is -2.75. The molecule has 0 aromatic heterocycles. The highest BCUT2D eigenvalue weighted by Crippen LogP contribution is 2.34. The van der Waals surface area contributed by atoms with Crippen molar-refractivity contribution in [2.75, 3.05) is 0 Å². The molecule has 0 saturated carbocycles. The summed E-state index contributed by atoms with van der Waals surface area (Å²) in [4.78, 5) is 37.5. The van der Waals surface area contributed by atoms with Gasteiger partial charge in [0.05, 0.1) is 11.0 Å². The molecule has 0 fully saturated rings. The number of rotatable bonds is 5. The quantitative estimate of drug-likeness (QED) is 0.466. The minimum atomic E-state index is -0.893. The Labute approximate surface area is 179 Å². The van der Waals surface area contributed by atoms with Crippen LogP contribution in [0.3, 0.4) is 0 Å². The van der Waals surface area contributed by atoms with E-state index in [9.17, 15) is 14.4 Å². The molecule has 0 N–H and O–H groups in total. The maximum atomic E-state index is 12.7. The Morgan fingerprint density at radius 3 is 1.40 bits per heavy atom. The predicted molar refractivity (Wildman–Crippen MR) is 119 cm³/mol. The lowest BCUT2D eigenvalue weighted by atomic mass is 9.73. The number of esters is 1. The molecule has 4 nitrogen and oxygen atoms in total. The monoisotopic (exact) mass is 408 g/mol. The summed E-state index contributed by atoms with van der Waals surface area (Å²) in [7, 11) is 0. The van der Waals surface area contributed by atoms with Gasteiger partial charge in [-0.05, 0) is 57.9 Å². The van der Waals surface area contributed by atoms with Gasteiger partial charge in [0.15, 0.2) is 5.78 Å². The predicted octanol–water partition coefficient (Wildman–Crippen LogP) is 5.77. The minimum absolute atomic E-state index is 0.0255. The van der Waals surface area contributed by atoms with Crippen LogP contribution in [-0.4, -0.2) is 23.1 Å². The van der Waals surface area contributed by atoms with Crippen LogP contribution in [0.4, 0.5) is 0 Å². The Bertz CT molecular complexity index is 939. The first-order valence-corrected chi connectivity index (χ1v) is 10.2. The number of carbonyl (C=O) groups is 3. The van der Waals surface area contributed by atoms with Gasteiger partial charge in [0.1, 0.15) is 11.4 Å². The van der Waals surface area contributed by atoms with E-state index in [0.717, 1.165) is 11.1 Å². The lowest BCUT2D eigenvalue weighted by Crippen LogP contribution is -2.32. The van der Waals surface area contributed by atoms with Crippen molar-refractivity contribution in [2.24, 2.45) is 5.41 Å². The lowest BCUT2D eigenvalue weighted by Gasteiger charge is -2.29. The van der Waals surface area contributed by atoms with Crippen molar-refractivity contribution in [3.8, 4) is 0 Å². The van der Waals surface area contributed by atoms with E-state index in [2.05, 4.69) is 0 Å². The third-order valence-corrected chi connectivity index (χ3v) is 5.21. The molecule has 2 aromatic rings. The average Bonchev–Trinajstić information content (AvgIpc) is 2.64. The zero-order valence-electron chi connectivity index (χ0n) is 19.3. The van der Waals surface area contributed by atoms with Crippen LogP contribution in [0.1, 0.15) is 87.2 Å². The number of carbonyl (C=O) groups excluding carboxylic acids is 3. The van der Waals surface area contributed by atoms with E-state index in [1.54, 1.807) is 43.3 Å². The smallest absolute Gasteiger partial charge is 0.338 e. The van der Waals surface area contributed by atoms with Gasteiger partial charge < -0.3 is 4.74 Å². The number of hydrogen-bond acceptors (Lipinski definition) is 4. The third kappa shape index (κ3) is 5.05. The Kier molecular flexibility index (Phi) is 6.41. The topological polar surface area (TPSA) is 60.4 Å². The second-order valence-corrected chi connectivity index (χ2v) is 9.92. The molecule has 0 aliphatic carbocycles. The van der Waals surface area contributed by atoms with Crippen molar-refractivity contribution < 1.29 is 19.1 Å². The van der Waals surface area contributed by atoms with Crippen LogP contribution in [0.5, 0.6) is 0 Å². The maximum absolute atomic E-state index is 12.7. The molecular formula is C26H32O4. The summed E-state index contributed by atoms with van der Waals surface area (Å²) in [5.41, 5.74) is 0.694. The molecule has 30 heavy (non-hydrogen) atoms. The van der Waals surface area contributed by atoms with Gasteiger partial charge >= 0.3 is 5.97 Å². The molecule has 4 heteroatoms. The Morgan fingerprint density at radius 1 is 0.667 bits per heavy atom. The summed E-state index contributed by atoms with van der Waals surface area (Å²) in [5, 5.41) is 0. The van der Waals surface area contributed by atoms with Gasteiger partial charge in [0.2, 0.25) is 0 Å². The van der Waals surface area contributed by atoms with E-state index >= 15 is 0 Å². The first kappa shape index (κ1) is 23.5. The second-order valence-electron chi connectivity index (χ2n) is 9.92. The van der Waals surface area contributed by atoms with Gasteiger partial charge in [-0.25, -0.2) is 4.79 Å². The molecule has 0 amide bonds. The van der Waals surface area contributed by atoms with Crippen molar-refractivity contribution in [3.05, 3.63) is 70.8 Å². The summed E-state index contributed by atoms with van der Waals surface area (Å²) < 4.78 is 5.41. The van der Waals surface area contributed by atoms with E-state index in [-0.39, 0.29) is 11.6 Å². The van der Waals surface area contributed by atoms with Crippen molar-refractivity contribution in [1.29, 1.82) is 0 Å². The number of ketones is 2. The van der Waals surface area contributed by atoms with Crippen LogP contribution in [0.15, 0.2) is 48.5 Å². The molecule has 1 atom stereocenters. The van der Waals surface area contributed by atoms with E-state index < -0.39 is 22.4 Å². The van der Waals surface area contributed by atoms with Crippen molar-refractivity contribution in [1.82, 2.24) is 0 Å². The van der Waals surface area contributed by atoms with Crippen molar-refractivity contribution in [3.63, 3.8) is 0 Å². The molecule has 1 unspecified atom stereocenters. The zero-order valence-corrected chi connectivity index (χ0v) is 19.3. The van der Waals surface area contributed by atoms with Crippen LogP contribution in [0, 0.1) is 5.41 Å². The second kappa shape index (κ2) is 8.17. The summed E-state index contributed by atoms with van der Waals surface area (Å²) in [6.45, 7) is 14.5. The molecule has 2 aromatic carbocycles. The first-order valence-electron chi connectivity index (χ1n) is 10.2. The molecule has 0 heterocycles. The largest absolute Gasteiger partial charge is 0.456 e. The fourth-order valence-corrected chi connectivity index (χ4v) is 3.24. The fourth-order valence-electron chi connectivity index (χ4n) is 3.24. The molecule has 0 aliphatic rings. The lowest BCUT2D eigenvalue weighted by molar-refractivity contribution is -0.120. The molecule has 2 rings (SSSR count). The van der Waals surface area contributed by atoms with Gasteiger partial charge in [0, 0.05) is 11.0 Å². The van der Waals surface area contributed by atoms with Gasteiger partial charge in [0.25, 0.3) is 0 Å². The fraction of sp³-hybridized carbons (Fsp3) is 0.423. The average molecular weight is 409 g/mol. The highest BCUT2D eigenvalue weighted by atomic mass is 16.6. The van der Waals surface area contributed by atoms with Crippen molar-refractivity contribution in [2.45, 2.75) is 66.4 Å². The first-order chi connectivity index (χ1) is 13.7. The van der Waals surface area contributed by atoms with Crippen LogP contribution < -0.4 is 0 Å². The molecule has 0 aliphatic heterocycles. The number of hydrogen-bond donors (Lipinski definition) is 0. The van der Waals surface area contributed by atoms with Crippen LogP contribution in [0.25, 0.3) is 0 Å². The zero-order chi connectivity index (χ0) is 22.9. The van der Waals surface area contributed by atoms with Gasteiger partial charge in [-0.1, -0.05) is 57.2 Å². The molecule has 0 spiro atoms.